The van der Waals surface area contributed by atoms with Crippen LogP contribution < -0.4 is 0 Å². The van der Waals surface area contributed by atoms with E-state index in [2.05, 4.69) is 31.1 Å². The fraction of sp³-hybridized carbons (Fsp3) is 0.727. The lowest BCUT2D eigenvalue weighted by Crippen LogP contribution is -2.15. The number of rotatable bonds is 4. The third-order valence-electron chi connectivity index (χ3n) is 2.09. The predicted molar refractivity (Wildman–Crippen MR) is 68.9 cm³/mol. The van der Waals surface area contributed by atoms with Gasteiger partial charge in [0.05, 0.1) is 16.8 Å². The lowest BCUT2D eigenvalue weighted by molar-refractivity contribution is 0.200. The quantitative estimate of drug-likeness (QED) is 0.885. The zero-order chi connectivity index (χ0) is 11.5. The molecule has 0 aliphatic carbocycles. The second-order valence-corrected chi connectivity index (χ2v) is 6.54. The average Bonchev–Trinajstić information content (AvgIpc) is 2.52. The number of thioether (sulfide) groups is 1. The Kier molecular flexibility index (Phi) is 4.62. The first kappa shape index (κ1) is 13.0. The Hall–Kier alpha value is -0.0600. The molecular formula is C11H19NOS2. The molecule has 4 heteroatoms. The first-order chi connectivity index (χ1) is 6.93. The highest BCUT2D eigenvalue weighted by Crippen LogP contribution is 2.24. The van der Waals surface area contributed by atoms with Gasteiger partial charge in [0.15, 0.2) is 0 Å². The number of aromatic nitrogens is 1. The van der Waals surface area contributed by atoms with E-state index >= 15 is 0 Å². The van der Waals surface area contributed by atoms with Crippen molar-refractivity contribution in [2.75, 3.05) is 12.0 Å². The van der Waals surface area contributed by atoms with Gasteiger partial charge >= 0.3 is 0 Å². The van der Waals surface area contributed by atoms with Gasteiger partial charge in [-0.15, -0.1) is 11.3 Å². The largest absolute Gasteiger partial charge is 0.392 e. The molecule has 0 aromatic carbocycles. The molecule has 0 radical (unpaired) electrons. The molecular weight excluding hydrogens is 226 g/mol. The van der Waals surface area contributed by atoms with Crippen molar-refractivity contribution in [3.8, 4) is 0 Å². The van der Waals surface area contributed by atoms with Crippen LogP contribution in [0.25, 0.3) is 0 Å². The molecule has 1 heterocycles. The van der Waals surface area contributed by atoms with E-state index in [0.717, 1.165) is 16.5 Å². The fourth-order valence-corrected chi connectivity index (χ4v) is 2.80. The molecule has 86 valence electrons. The maximum Gasteiger partial charge on any atom is 0.0954 e. The highest BCUT2D eigenvalue weighted by Gasteiger charge is 2.18. The van der Waals surface area contributed by atoms with Crippen LogP contribution in [0.3, 0.4) is 0 Å². The Balaban J connectivity index is 2.61. The molecule has 0 amide bonds. The Morgan fingerprint density at radius 3 is 2.67 bits per heavy atom. The van der Waals surface area contributed by atoms with Crippen molar-refractivity contribution >= 4 is 23.1 Å². The van der Waals surface area contributed by atoms with E-state index in [-0.39, 0.29) is 11.5 Å². The molecule has 0 saturated heterocycles. The lowest BCUT2D eigenvalue weighted by atomic mass is 9.93. The molecule has 1 aromatic heterocycles. The van der Waals surface area contributed by atoms with E-state index in [0.29, 0.717) is 6.42 Å². The molecule has 1 N–H and O–H groups in total. The molecule has 0 aliphatic heterocycles. The third kappa shape index (κ3) is 4.13. The van der Waals surface area contributed by atoms with Gasteiger partial charge in [0.25, 0.3) is 0 Å². The molecule has 0 bridgehead atoms. The summed E-state index contributed by atoms with van der Waals surface area (Å²) >= 11 is 3.32. The number of aliphatic hydroxyl groups excluding tert-OH is 1. The van der Waals surface area contributed by atoms with Gasteiger partial charge < -0.3 is 5.11 Å². The Bertz CT molecular complexity index is 304. The van der Waals surface area contributed by atoms with E-state index in [1.807, 2.05) is 6.26 Å². The number of thiazole rings is 1. The first-order valence-corrected chi connectivity index (χ1v) is 7.32. The van der Waals surface area contributed by atoms with Gasteiger partial charge in [-0.2, -0.15) is 11.8 Å². The number of hydrogen-bond acceptors (Lipinski definition) is 4. The van der Waals surface area contributed by atoms with Crippen molar-refractivity contribution in [3.63, 3.8) is 0 Å². The summed E-state index contributed by atoms with van der Waals surface area (Å²) < 4.78 is 0. The minimum atomic E-state index is -0.265. The topological polar surface area (TPSA) is 33.1 Å². The molecule has 0 fully saturated rings. The second-order valence-electron chi connectivity index (χ2n) is 4.69. The standard InChI is InChI=1S/C11H19NOS2/c1-11(2,3)9-7-15-10(12-9)5-8(13)6-14-4/h7-8,13H,5-6H2,1-4H3. The van der Waals surface area contributed by atoms with Gasteiger partial charge in [-0.3, -0.25) is 0 Å². The van der Waals surface area contributed by atoms with Crippen molar-refractivity contribution in [1.82, 2.24) is 4.98 Å². The minimum absolute atomic E-state index is 0.110. The summed E-state index contributed by atoms with van der Waals surface area (Å²) in [6.07, 6.45) is 2.42. The van der Waals surface area contributed by atoms with Crippen LogP contribution >= 0.6 is 23.1 Å². The molecule has 0 saturated carbocycles. The fourth-order valence-electron chi connectivity index (χ4n) is 1.20. The van der Waals surface area contributed by atoms with Crippen molar-refractivity contribution in [2.24, 2.45) is 0 Å². The van der Waals surface area contributed by atoms with Crippen molar-refractivity contribution in [2.45, 2.75) is 38.7 Å². The van der Waals surface area contributed by atoms with E-state index in [1.54, 1.807) is 23.1 Å². The smallest absolute Gasteiger partial charge is 0.0954 e. The Morgan fingerprint density at radius 1 is 1.53 bits per heavy atom. The maximum atomic E-state index is 9.66. The summed E-state index contributed by atoms with van der Waals surface area (Å²) in [7, 11) is 0. The van der Waals surface area contributed by atoms with Gasteiger partial charge in [0.1, 0.15) is 0 Å². The first-order valence-electron chi connectivity index (χ1n) is 5.05. The van der Waals surface area contributed by atoms with E-state index in [1.165, 1.54) is 0 Å². The molecule has 1 unspecified atom stereocenters. The van der Waals surface area contributed by atoms with Crippen LogP contribution in [-0.2, 0) is 11.8 Å². The maximum absolute atomic E-state index is 9.66. The van der Waals surface area contributed by atoms with E-state index < -0.39 is 0 Å². The molecule has 1 aromatic rings. The minimum Gasteiger partial charge on any atom is -0.392 e. The normalized spacial score (nSPS) is 14.2. The van der Waals surface area contributed by atoms with Crippen molar-refractivity contribution < 1.29 is 5.11 Å². The summed E-state index contributed by atoms with van der Waals surface area (Å²) in [5, 5.41) is 12.8. The molecule has 1 atom stereocenters. The van der Waals surface area contributed by atoms with Crippen LogP contribution in [-0.4, -0.2) is 28.2 Å². The molecule has 0 aliphatic rings. The molecule has 15 heavy (non-hydrogen) atoms. The SMILES string of the molecule is CSCC(O)Cc1nc(C(C)(C)C)cs1. The summed E-state index contributed by atoms with van der Waals surface area (Å²) in [6.45, 7) is 6.47. The van der Waals surface area contributed by atoms with E-state index in [9.17, 15) is 5.11 Å². The number of aliphatic hydroxyl groups is 1. The van der Waals surface area contributed by atoms with Crippen LogP contribution in [0, 0.1) is 0 Å². The van der Waals surface area contributed by atoms with Crippen LogP contribution in [0.2, 0.25) is 0 Å². The molecule has 1 rings (SSSR count). The van der Waals surface area contributed by atoms with Crippen molar-refractivity contribution in [1.29, 1.82) is 0 Å². The van der Waals surface area contributed by atoms with Gasteiger partial charge in [-0.25, -0.2) is 4.98 Å². The lowest BCUT2D eigenvalue weighted by Gasteiger charge is -2.14. The molecule has 2 nitrogen and oxygen atoms in total. The molecule has 0 spiro atoms. The highest BCUT2D eigenvalue weighted by atomic mass is 32.2. The second kappa shape index (κ2) is 5.32. The third-order valence-corrected chi connectivity index (χ3v) is 3.68. The summed E-state index contributed by atoms with van der Waals surface area (Å²) in [5.41, 5.74) is 1.23. The zero-order valence-electron chi connectivity index (χ0n) is 9.78. The van der Waals surface area contributed by atoms with Crippen LogP contribution in [0.15, 0.2) is 5.38 Å². The average molecular weight is 245 g/mol. The van der Waals surface area contributed by atoms with Gasteiger partial charge in [0, 0.05) is 23.0 Å². The van der Waals surface area contributed by atoms with E-state index in [4.69, 9.17) is 0 Å². The zero-order valence-corrected chi connectivity index (χ0v) is 11.4. The van der Waals surface area contributed by atoms with Crippen LogP contribution in [0.1, 0.15) is 31.5 Å². The summed E-state index contributed by atoms with van der Waals surface area (Å²) in [5.74, 6) is 0.782. The highest BCUT2D eigenvalue weighted by molar-refractivity contribution is 7.98. The van der Waals surface area contributed by atoms with Crippen LogP contribution in [0.5, 0.6) is 0 Å². The van der Waals surface area contributed by atoms with Crippen molar-refractivity contribution in [3.05, 3.63) is 16.1 Å². The predicted octanol–water partition coefficient (Wildman–Crippen LogP) is 2.71. The van der Waals surface area contributed by atoms with Gasteiger partial charge in [0.2, 0.25) is 0 Å². The Labute approximate surface area is 100 Å². The Morgan fingerprint density at radius 2 is 2.20 bits per heavy atom. The van der Waals surface area contributed by atoms with Gasteiger partial charge in [-0.1, -0.05) is 20.8 Å². The monoisotopic (exact) mass is 245 g/mol. The number of nitrogens with zero attached hydrogens (tertiary/aromatic N) is 1. The number of hydrogen-bond donors (Lipinski definition) is 1. The van der Waals surface area contributed by atoms with Crippen LogP contribution in [0.4, 0.5) is 0 Å². The van der Waals surface area contributed by atoms with Gasteiger partial charge in [-0.05, 0) is 6.26 Å². The summed E-state index contributed by atoms with van der Waals surface area (Å²) in [6, 6.07) is 0. The summed E-state index contributed by atoms with van der Waals surface area (Å²) in [4.78, 5) is 4.55.